The van der Waals surface area contributed by atoms with Gasteiger partial charge < -0.3 is 49.7 Å². The van der Waals surface area contributed by atoms with E-state index >= 15 is 0 Å². The fraction of sp³-hybridized carbons (Fsp3) is 0.857. The molecule has 5 N–H and O–H groups in total. The summed E-state index contributed by atoms with van der Waals surface area (Å²) in [6.07, 6.45) is -0.254. The van der Waals surface area contributed by atoms with Crippen molar-refractivity contribution in [2.75, 3.05) is 85.8 Å². The van der Waals surface area contributed by atoms with Crippen molar-refractivity contribution in [1.29, 1.82) is 0 Å². The van der Waals surface area contributed by atoms with Crippen molar-refractivity contribution in [1.82, 2.24) is 5.32 Å². The Bertz CT molecular complexity index is 527. The number of aliphatic carboxylic acids is 2. The molecule has 0 bridgehead atoms. The van der Waals surface area contributed by atoms with Gasteiger partial charge in [-0.2, -0.15) is 0 Å². The van der Waals surface area contributed by atoms with Gasteiger partial charge in [-0.3, -0.25) is 14.4 Å². The minimum Gasteiger partial charge on any atom is -0.481 e. The van der Waals surface area contributed by atoms with E-state index in [4.69, 9.17) is 44.4 Å². The Balaban J connectivity index is 4.00. The molecule has 0 heterocycles. The van der Waals surface area contributed by atoms with Gasteiger partial charge >= 0.3 is 11.9 Å². The molecule has 0 aromatic rings. The van der Waals surface area contributed by atoms with Crippen molar-refractivity contribution in [3.8, 4) is 0 Å². The Kier molecular flexibility index (Phi) is 20.5. The normalized spacial score (nSPS) is 11.5. The van der Waals surface area contributed by atoms with Crippen molar-refractivity contribution in [3.05, 3.63) is 0 Å². The summed E-state index contributed by atoms with van der Waals surface area (Å²) >= 11 is 0. The molecule has 0 atom stereocenters. The lowest BCUT2D eigenvalue weighted by molar-refractivity contribution is -0.139. The summed E-state index contributed by atoms with van der Waals surface area (Å²) in [6, 6.07) is 0. The maximum absolute atomic E-state index is 12.3. The molecule has 0 radical (unpaired) electrons. The zero-order chi connectivity index (χ0) is 25.5. The highest BCUT2D eigenvalue weighted by Gasteiger charge is 2.27. The van der Waals surface area contributed by atoms with Gasteiger partial charge in [0.2, 0.25) is 5.91 Å². The maximum Gasteiger partial charge on any atom is 0.305 e. The van der Waals surface area contributed by atoms with E-state index < -0.39 is 17.5 Å². The molecular formula is C21H40N2O11. The number of rotatable bonds is 25. The highest BCUT2D eigenvalue weighted by molar-refractivity contribution is 5.76. The Hall–Kier alpha value is -1.87. The van der Waals surface area contributed by atoms with Crippen molar-refractivity contribution in [3.63, 3.8) is 0 Å². The van der Waals surface area contributed by atoms with Crippen molar-refractivity contribution in [2.45, 2.75) is 31.7 Å². The van der Waals surface area contributed by atoms with Crippen LogP contribution in [-0.2, 0) is 42.8 Å². The number of carboxylic acids is 2. The molecule has 0 fully saturated rings. The number of ether oxygens (including phenoxy) is 6. The standard InChI is InChI=1S/C21H40N2O11/c1-21(16-33-7-3-19(25)26,17-34-8-4-20(27)28)23-18(24)2-6-29-10-12-31-14-15-32-13-11-30-9-5-22/h2-17,22H2,1H3,(H,23,24)(H,25,26)(H,27,28). The van der Waals surface area contributed by atoms with Gasteiger partial charge in [0.05, 0.1) is 97.7 Å². The highest BCUT2D eigenvalue weighted by Crippen LogP contribution is 2.08. The third kappa shape index (κ3) is 21.9. The number of amides is 1. The topological polar surface area (TPSA) is 185 Å². The summed E-state index contributed by atoms with van der Waals surface area (Å²) in [4.78, 5) is 33.5. The largest absolute Gasteiger partial charge is 0.481 e. The van der Waals surface area contributed by atoms with Gasteiger partial charge in [0, 0.05) is 13.0 Å². The molecule has 0 aromatic carbocycles. The monoisotopic (exact) mass is 496 g/mol. The predicted molar refractivity (Wildman–Crippen MR) is 120 cm³/mol. The van der Waals surface area contributed by atoms with E-state index in [9.17, 15) is 14.4 Å². The number of hydrogen-bond acceptors (Lipinski definition) is 10. The molecule has 0 aliphatic heterocycles. The summed E-state index contributed by atoms with van der Waals surface area (Å²) in [5.41, 5.74) is 4.35. The number of nitrogens with one attached hydrogen (secondary N) is 1. The van der Waals surface area contributed by atoms with E-state index in [-0.39, 0.29) is 58.2 Å². The van der Waals surface area contributed by atoms with Crippen LogP contribution >= 0.6 is 0 Å². The van der Waals surface area contributed by atoms with Gasteiger partial charge in [0.1, 0.15) is 0 Å². The van der Waals surface area contributed by atoms with Crippen LogP contribution in [0.15, 0.2) is 0 Å². The molecular weight excluding hydrogens is 456 g/mol. The summed E-state index contributed by atoms with van der Waals surface area (Å²) in [5.74, 6) is -2.30. The Morgan fingerprint density at radius 2 is 1.03 bits per heavy atom. The second-order valence-corrected chi connectivity index (χ2v) is 7.49. The quantitative estimate of drug-likeness (QED) is 0.116. The van der Waals surface area contributed by atoms with E-state index in [2.05, 4.69) is 5.32 Å². The van der Waals surface area contributed by atoms with E-state index in [0.29, 0.717) is 52.8 Å². The smallest absolute Gasteiger partial charge is 0.305 e. The number of carbonyl (C=O) groups is 3. The van der Waals surface area contributed by atoms with Gasteiger partial charge in [0.25, 0.3) is 0 Å². The minimum absolute atomic E-state index is 0.00893. The van der Waals surface area contributed by atoms with E-state index in [0.717, 1.165) is 0 Å². The molecule has 0 saturated carbocycles. The van der Waals surface area contributed by atoms with E-state index in [1.54, 1.807) is 6.92 Å². The average molecular weight is 497 g/mol. The third-order valence-electron chi connectivity index (χ3n) is 4.05. The van der Waals surface area contributed by atoms with Crippen LogP contribution in [0.25, 0.3) is 0 Å². The molecule has 0 aliphatic carbocycles. The number of carboxylic acid groups (broad SMARTS) is 2. The number of carbonyl (C=O) groups excluding carboxylic acids is 1. The lowest BCUT2D eigenvalue weighted by atomic mass is 10.0. The molecule has 0 rings (SSSR count). The summed E-state index contributed by atoms with van der Waals surface area (Å²) in [6.45, 7) is 5.33. The predicted octanol–water partition coefficient (Wildman–Crippen LogP) is -0.741. The maximum atomic E-state index is 12.3. The Morgan fingerprint density at radius 3 is 1.44 bits per heavy atom. The Morgan fingerprint density at radius 1 is 0.647 bits per heavy atom. The van der Waals surface area contributed by atoms with Crippen LogP contribution in [0.2, 0.25) is 0 Å². The molecule has 0 spiro atoms. The fourth-order valence-corrected chi connectivity index (χ4v) is 2.44. The van der Waals surface area contributed by atoms with Crippen LogP contribution in [0.4, 0.5) is 0 Å². The lowest BCUT2D eigenvalue weighted by Crippen LogP contribution is -2.53. The molecule has 0 saturated heterocycles. The SMILES string of the molecule is CC(COCCC(=O)O)(COCCC(=O)O)NC(=O)CCOCCOCCOCCOCCN. The zero-order valence-corrected chi connectivity index (χ0v) is 20.0. The van der Waals surface area contributed by atoms with Crippen molar-refractivity contribution in [2.24, 2.45) is 5.73 Å². The number of hydrogen-bond donors (Lipinski definition) is 4. The Labute approximate surface area is 200 Å². The van der Waals surface area contributed by atoms with Gasteiger partial charge in [-0.1, -0.05) is 0 Å². The average Bonchev–Trinajstić information content (AvgIpc) is 2.77. The van der Waals surface area contributed by atoms with E-state index in [1.165, 1.54) is 0 Å². The van der Waals surface area contributed by atoms with Crippen LogP contribution in [-0.4, -0.2) is 119 Å². The van der Waals surface area contributed by atoms with Crippen LogP contribution in [0.1, 0.15) is 26.2 Å². The first-order valence-corrected chi connectivity index (χ1v) is 11.2. The van der Waals surface area contributed by atoms with Crippen molar-refractivity contribution < 1.29 is 53.0 Å². The molecule has 0 unspecified atom stereocenters. The second-order valence-electron chi connectivity index (χ2n) is 7.49. The van der Waals surface area contributed by atoms with Gasteiger partial charge in [-0.05, 0) is 6.92 Å². The molecule has 13 heteroatoms. The van der Waals surface area contributed by atoms with E-state index in [1.807, 2.05) is 0 Å². The first-order chi connectivity index (χ1) is 16.3. The molecule has 0 aromatic heterocycles. The summed E-state index contributed by atoms with van der Waals surface area (Å²) in [5, 5.41) is 20.2. The van der Waals surface area contributed by atoms with Crippen molar-refractivity contribution >= 4 is 17.8 Å². The van der Waals surface area contributed by atoms with Crippen LogP contribution in [0.3, 0.4) is 0 Å². The van der Waals surface area contributed by atoms with Crippen LogP contribution < -0.4 is 11.1 Å². The fourth-order valence-electron chi connectivity index (χ4n) is 2.44. The summed E-state index contributed by atoms with van der Waals surface area (Å²) < 4.78 is 31.9. The molecule has 200 valence electrons. The molecule has 1 amide bonds. The third-order valence-corrected chi connectivity index (χ3v) is 4.05. The lowest BCUT2D eigenvalue weighted by Gasteiger charge is -2.30. The summed E-state index contributed by atoms with van der Waals surface area (Å²) in [7, 11) is 0. The van der Waals surface area contributed by atoms with Crippen LogP contribution in [0.5, 0.6) is 0 Å². The van der Waals surface area contributed by atoms with Gasteiger partial charge in [-0.15, -0.1) is 0 Å². The van der Waals surface area contributed by atoms with Crippen LogP contribution in [0, 0.1) is 0 Å². The molecule has 13 nitrogen and oxygen atoms in total. The first kappa shape index (κ1) is 32.1. The first-order valence-electron chi connectivity index (χ1n) is 11.2. The molecule has 34 heavy (non-hydrogen) atoms. The number of nitrogens with two attached hydrogens (primary N) is 1. The van der Waals surface area contributed by atoms with Gasteiger partial charge in [0.15, 0.2) is 0 Å². The zero-order valence-electron chi connectivity index (χ0n) is 20.0. The van der Waals surface area contributed by atoms with Gasteiger partial charge in [-0.25, -0.2) is 0 Å². The minimum atomic E-state index is -0.995. The highest BCUT2D eigenvalue weighted by atomic mass is 16.6. The second kappa shape index (κ2) is 21.6. The molecule has 0 aliphatic rings.